The first-order valence-corrected chi connectivity index (χ1v) is 7.82. The zero-order chi connectivity index (χ0) is 17.8. The third kappa shape index (κ3) is 9.45. The van der Waals surface area contributed by atoms with E-state index in [2.05, 4.69) is 0 Å². The summed E-state index contributed by atoms with van der Waals surface area (Å²) in [4.78, 5) is 32.7. The van der Waals surface area contributed by atoms with Gasteiger partial charge in [-0.15, -0.1) is 0 Å². The van der Waals surface area contributed by atoms with Crippen molar-refractivity contribution in [3.63, 3.8) is 0 Å². The van der Waals surface area contributed by atoms with Gasteiger partial charge in [-0.05, 0) is 18.4 Å². The molecule has 0 spiro atoms. The van der Waals surface area contributed by atoms with Crippen LogP contribution in [0.1, 0.15) is 46.1 Å². The Balaban J connectivity index is 0.000000585. The summed E-state index contributed by atoms with van der Waals surface area (Å²) in [6, 6.07) is 9.22. The van der Waals surface area contributed by atoms with Gasteiger partial charge in [0.25, 0.3) is 0 Å². The Morgan fingerprint density at radius 1 is 1.00 bits per heavy atom. The molecule has 2 unspecified atom stereocenters. The van der Waals surface area contributed by atoms with Gasteiger partial charge in [-0.25, -0.2) is 0 Å². The maximum atomic E-state index is 11.4. The van der Waals surface area contributed by atoms with E-state index in [1.54, 1.807) is 13.8 Å². The van der Waals surface area contributed by atoms with E-state index < -0.39 is 17.9 Å². The highest BCUT2D eigenvalue weighted by Crippen LogP contribution is 2.06. The van der Waals surface area contributed by atoms with Crippen LogP contribution in [0.25, 0.3) is 0 Å². The van der Waals surface area contributed by atoms with Gasteiger partial charge in [-0.2, -0.15) is 0 Å². The van der Waals surface area contributed by atoms with E-state index in [0.29, 0.717) is 6.42 Å². The maximum Gasteiger partial charge on any atom is 0.317 e. The van der Waals surface area contributed by atoms with Crippen molar-refractivity contribution in [3.8, 4) is 0 Å². The quantitative estimate of drug-likeness (QED) is 0.641. The number of carboxylic acids is 1. The Labute approximate surface area is 137 Å². The van der Waals surface area contributed by atoms with Crippen LogP contribution in [-0.4, -0.2) is 23.0 Å². The fraction of sp³-hybridized carbons (Fsp3) is 0.500. The molecule has 0 aliphatic carbocycles. The lowest BCUT2D eigenvalue weighted by Gasteiger charge is -2.07. The molecule has 0 saturated carbocycles. The van der Waals surface area contributed by atoms with Gasteiger partial charge in [0.15, 0.2) is 0 Å². The summed E-state index contributed by atoms with van der Waals surface area (Å²) in [5, 5.41) is 8.18. The molecule has 0 amide bonds. The van der Waals surface area contributed by atoms with Gasteiger partial charge in [0.1, 0.15) is 0 Å². The topological polar surface area (TPSA) is 80.7 Å². The number of carbonyl (C=O) groups is 3. The lowest BCUT2D eigenvalue weighted by Crippen LogP contribution is -2.19. The maximum absolute atomic E-state index is 11.4. The zero-order valence-electron chi connectivity index (χ0n) is 14.2. The molecule has 1 aromatic rings. The summed E-state index contributed by atoms with van der Waals surface area (Å²) >= 11 is 0. The molecular formula is C18H26O5. The fourth-order valence-electron chi connectivity index (χ4n) is 1.35. The van der Waals surface area contributed by atoms with Crippen molar-refractivity contribution in [3.05, 3.63) is 35.9 Å². The van der Waals surface area contributed by atoms with E-state index in [9.17, 15) is 14.4 Å². The van der Waals surface area contributed by atoms with Crippen LogP contribution in [0.15, 0.2) is 30.3 Å². The summed E-state index contributed by atoms with van der Waals surface area (Å²) < 4.78 is 4.73. The number of hydrogen-bond acceptors (Lipinski definition) is 4. The van der Waals surface area contributed by atoms with Crippen LogP contribution < -0.4 is 0 Å². The fourth-order valence-corrected chi connectivity index (χ4v) is 1.35. The second kappa shape index (κ2) is 11.4. The van der Waals surface area contributed by atoms with Crippen molar-refractivity contribution < 1.29 is 24.2 Å². The van der Waals surface area contributed by atoms with Gasteiger partial charge < -0.3 is 9.84 Å². The minimum atomic E-state index is -0.706. The van der Waals surface area contributed by atoms with Gasteiger partial charge >= 0.3 is 17.9 Å². The lowest BCUT2D eigenvalue weighted by molar-refractivity contribution is -0.161. The monoisotopic (exact) mass is 322 g/mol. The predicted molar refractivity (Wildman–Crippen MR) is 87.8 cm³/mol. The molecule has 0 heterocycles. The highest BCUT2D eigenvalue weighted by atomic mass is 16.6. The van der Waals surface area contributed by atoms with E-state index in [4.69, 9.17) is 9.84 Å². The lowest BCUT2D eigenvalue weighted by atomic mass is 10.1. The van der Waals surface area contributed by atoms with Crippen molar-refractivity contribution >= 4 is 17.9 Å². The number of esters is 2. The van der Waals surface area contributed by atoms with E-state index in [0.717, 1.165) is 12.0 Å². The molecule has 0 aliphatic heterocycles. The molecule has 0 aliphatic rings. The van der Waals surface area contributed by atoms with Crippen LogP contribution in [0, 0.1) is 11.8 Å². The average Bonchev–Trinajstić information content (AvgIpc) is 2.54. The minimum Gasteiger partial charge on any atom is -0.481 e. The third-order valence-corrected chi connectivity index (χ3v) is 3.45. The molecule has 5 heteroatoms. The molecule has 23 heavy (non-hydrogen) atoms. The number of rotatable bonds is 6. The molecule has 0 aromatic heterocycles. The van der Waals surface area contributed by atoms with E-state index >= 15 is 0 Å². The van der Waals surface area contributed by atoms with Crippen molar-refractivity contribution in [2.75, 3.05) is 0 Å². The molecule has 0 saturated heterocycles. The molecule has 1 N–H and O–H groups in total. The molecule has 0 bridgehead atoms. The molecule has 0 radical (unpaired) electrons. The number of carboxylic acid groups (broad SMARTS) is 1. The van der Waals surface area contributed by atoms with Gasteiger partial charge in [0, 0.05) is 0 Å². The highest BCUT2D eigenvalue weighted by molar-refractivity contribution is 5.87. The van der Waals surface area contributed by atoms with Crippen LogP contribution in [0.4, 0.5) is 0 Å². The molecule has 5 nitrogen and oxygen atoms in total. The number of aliphatic carboxylic acids is 1. The average molecular weight is 322 g/mol. The van der Waals surface area contributed by atoms with E-state index in [1.807, 2.05) is 44.2 Å². The van der Waals surface area contributed by atoms with E-state index in [1.165, 1.54) is 0 Å². The number of benzene rings is 1. The molecule has 0 fully saturated rings. The standard InChI is InChI=1S/C13H16O3.C5H10O2/c1-3-10(2)13(15)16-12(14)9-11-7-5-4-6-8-11;1-3-4(2)5(6)7/h4-8,10H,3,9H2,1-2H3;4H,3H2,1-2H3,(H,6,7). The zero-order valence-corrected chi connectivity index (χ0v) is 14.2. The van der Waals surface area contributed by atoms with Crippen molar-refractivity contribution in [2.45, 2.75) is 47.0 Å². The summed E-state index contributed by atoms with van der Waals surface area (Å²) in [6.45, 7) is 7.19. The van der Waals surface area contributed by atoms with Gasteiger partial charge in [0.2, 0.25) is 0 Å². The normalized spacial score (nSPS) is 12.3. The highest BCUT2D eigenvalue weighted by Gasteiger charge is 2.16. The molecule has 128 valence electrons. The van der Waals surface area contributed by atoms with Crippen LogP contribution >= 0.6 is 0 Å². The minimum absolute atomic E-state index is 0.142. The van der Waals surface area contributed by atoms with Crippen molar-refractivity contribution in [1.29, 1.82) is 0 Å². The summed E-state index contributed by atoms with van der Waals surface area (Å²) in [7, 11) is 0. The van der Waals surface area contributed by atoms with Gasteiger partial charge in [-0.1, -0.05) is 58.0 Å². The molecule has 2 atom stereocenters. The number of ether oxygens (including phenoxy) is 1. The van der Waals surface area contributed by atoms with Gasteiger partial charge in [-0.3, -0.25) is 14.4 Å². The van der Waals surface area contributed by atoms with Crippen molar-refractivity contribution in [1.82, 2.24) is 0 Å². The molecule has 1 aromatic carbocycles. The molecule has 1 rings (SSSR count). The number of hydrogen-bond donors (Lipinski definition) is 1. The Hall–Kier alpha value is -2.17. The summed E-state index contributed by atoms with van der Waals surface area (Å²) in [5.41, 5.74) is 0.851. The SMILES string of the molecule is CCC(C)C(=O)O.CCC(C)C(=O)OC(=O)Cc1ccccc1. The summed E-state index contributed by atoms with van der Waals surface area (Å²) in [5.74, 6) is -2.04. The Morgan fingerprint density at radius 2 is 1.52 bits per heavy atom. The summed E-state index contributed by atoms with van der Waals surface area (Å²) in [6.07, 6.45) is 1.54. The first kappa shape index (κ1) is 20.8. The first-order valence-electron chi connectivity index (χ1n) is 7.82. The van der Waals surface area contributed by atoms with Crippen LogP contribution in [0.5, 0.6) is 0 Å². The second-order valence-electron chi connectivity index (χ2n) is 5.41. The largest absolute Gasteiger partial charge is 0.481 e. The Bertz CT molecular complexity index is 495. The molecular weight excluding hydrogens is 296 g/mol. The third-order valence-electron chi connectivity index (χ3n) is 3.45. The Morgan fingerprint density at radius 3 is 1.91 bits per heavy atom. The first-order chi connectivity index (χ1) is 10.8. The Kier molecular flexibility index (Phi) is 10.3. The smallest absolute Gasteiger partial charge is 0.317 e. The number of carbonyl (C=O) groups excluding carboxylic acids is 2. The van der Waals surface area contributed by atoms with Gasteiger partial charge in [0.05, 0.1) is 18.3 Å². The predicted octanol–water partition coefficient (Wildman–Crippen LogP) is 3.46. The van der Waals surface area contributed by atoms with Crippen LogP contribution in [0.3, 0.4) is 0 Å². The second-order valence-corrected chi connectivity index (χ2v) is 5.41. The van der Waals surface area contributed by atoms with Crippen molar-refractivity contribution in [2.24, 2.45) is 11.8 Å². The van der Waals surface area contributed by atoms with Crippen LogP contribution in [0.2, 0.25) is 0 Å². The van der Waals surface area contributed by atoms with Crippen LogP contribution in [-0.2, 0) is 25.5 Å². The van der Waals surface area contributed by atoms with E-state index in [-0.39, 0.29) is 18.3 Å².